The summed E-state index contributed by atoms with van der Waals surface area (Å²) >= 11 is 0. The van der Waals surface area contributed by atoms with Crippen molar-refractivity contribution >= 4 is 0 Å². The van der Waals surface area contributed by atoms with Gasteiger partial charge in [-0.15, -0.1) is 0 Å². The third-order valence-corrected chi connectivity index (χ3v) is 8.64. The molecule has 0 N–H and O–H groups in total. The van der Waals surface area contributed by atoms with E-state index in [4.69, 9.17) is 0 Å². The van der Waals surface area contributed by atoms with Crippen molar-refractivity contribution in [1.82, 2.24) is 0 Å². The molecule has 0 spiro atoms. The SMILES string of the molecule is CCCC[N+](CCCC)(CCCC)Cc1ccccc1.CCCC[N+](CCCC)(CCCC)Cc1ccccc1.[Ru+2]. The van der Waals surface area contributed by atoms with Crippen LogP contribution < -0.4 is 0 Å². The van der Waals surface area contributed by atoms with E-state index < -0.39 is 0 Å². The molecule has 2 nitrogen and oxygen atoms in total. The summed E-state index contributed by atoms with van der Waals surface area (Å²) in [5.41, 5.74) is 3.02. The first-order chi connectivity index (χ1) is 19.5. The van der Waals surface area contributed by atoms with Gasteiger partial charge < -0.3 is 8.97 Å². The van der Waals surface area contributed by atoms with E-state index in [0.29, 0.717) is 0 Å². The van der Waals surface area contributed by atoms with Gasteiger partial charge in [0.05, 0.1) is 39.3 Å². The van der Waals surface area contributed by atoms with E-state index >= 15 is 0 Å². The molecular formula is C38H68N2Ru+4. The monoisotopic (exact) mass is 654 g/mol. The van der Waals surface area contributed by atoms with Gasteiger partial charge in [-0.2, -0.15) is 0 Å². The van der Waals surface area contributed by atoms with E-state index in [1.165, 1.54) is 150 Å². The van der Waals surface area contributed by atoms with Gasteiger partial charge in [0.1, 0.15) is 13.1 Å². The number of unbranched alkanes of at least 4 members (excludes halogenated alkanes) is 6. The van der Waals surface area contributed by atoms with Crippen LogP contribution in [0.5, 0.6) is 0 Å². The first kappa shape index (κ1) is 40.0. The number of quaternary nitrogens is 2. The summed E-state index contributed by atoms with van der Waals surface area (Å²) in [5, 5.41) is 0. The van der Waals surface area contributed by atoms with Crippen molar-refractivity contribution in [2.75, 3.05) is 39.3 Å². The van der Waals surface area contributed by atoms with Crippen molar-refractivity contribution in [3.8, 4) is 0 Å². The van der Waals surface area contributed by atoms with Gasteiger partial charge in [-0.3, -0.25) is 0 Å². The predicted molar refractivity (Wildman–Crippen MR) is 179 cm³/mol. The van der Waals surface area contributed by atoms with Crippen molar-refractivity contribution in [1.29, 1.82) is 0 Å². The molecule has 0 saturated heterocycles. The van der Waals surface area contributed by atoms with Gasteiger partial charge in [0, 0.05) is 11.1 Å². The maximum absolute atomic E-state index is 2.32. The Kier molecular flexibility index (Phi) is 24.8. The molecule has 0 aliphatic carbocycles. The van der Waals surface area contributed by atoms with Gasteiger partial charge in [0.25, 0.3) is 0 Å². The van der Waals surface area contributed by atoms with Crippen LogP contribution in [0.3, 0.4) is 0 Å². The minimum Gasteiger partial charge on any atom is -0.320 e. The third kappa shape index (κ3) is 17.6. The Bertz CT molecular complexity index is 694. The van der Waals surface area contributed by atoms with Crippen LogP contribution in [0.2, 0.25) is 0 Å². The average Bonchev–Trinajstić information content (AvgIpc) is 3.00. The molecule has 41 heavy (non-hydrogen) atoms. The minimum atomic E-state index is 0. The minimum absolute atomic E-state index is 0. The smallest absolute Gasteiger partial charge is 0.320 e. The molecule has 234 valence electrons. The van der Waals surface area contributed by atoms with Crippen molar-refractivity contribution in [2.45, 2.75) is 132 Å². The zero-order valence-corrected chi connectivity index (χ0v) is 29.9. The van der Waals surface area contributed by atoms with E-state index in [1.54, 1.807) is 0 Å². The van der Waals surface area contributed by atoms with Crippen LogP contribution in [0, 0.1) is 0 Å². The van der Waals surface area contributed by atoms with Crippen LogP contribution in [0.4, 0.5) is 0 Å². The summed E-state index contributed by atoms with van der Waals surface area (Å²) < 4.78 is 2.61. The summed E-state index contributed by atoms with van der Waals surface area (Å²) in [7, 11) is 0. The van der Waals surface area contributed by atoms with Gasteiger partial charge in [-0.1, -0.05) is 141 Å². The topological polar surface area (TPSA) is 0 Å². The molecule has 0 unspecified atom stereocenters. The maximum Gasteiger partial charge on any atom is 2.00 e. The molecule has 0 bridgehead atoms. The number of benzene rings is 2. The second-order valence-electron chi connectivity index (χ2n) is 12.4. The number of hydrogen-bond donors (Lipinski definition) is 0. The van der Waals surface area contributed by atoms with Crippen molar-refractivity contribution in [3.05, 3.63) is 71.8 Å². The van der Waals surface area contributed by atoms with Crippen LogP contribution in [-0.4, -0.2) is 48.2 Å². The molecule has 3 heteroatoms. The molecule has 0 aliphatic heterocycles. The molecule has 0 aromatic heterocycles. The number of rotatable bonds is 22. The van der Waals surface area contributed by atoms with Crippen LogP contribution in [0.15, 0.2) is 60.7 Å². The largest absolute Gasteiger partial charge is 2.00 e. The van der Waals surface area contributed by atoms with E-state index in [2.05, 4.69) is 102 Å². The molecule has 0 heterocycles. The van der Waals surface area contributed by atoms with Crippen LogP contribution in [0.1, 0.15) is 130 Å². The zero-order chi connectivity index (χ0) is 29.4. The number of hydrogen-bond acceptors (Lipinski definition) is 0. The Morgan fingerprint density at radius 2 is 0.585 bits per heavy atom. The molecule has 0 fully saturated rings. The van der Waals surface area contributed by atoms with Crippen LogP contribution >= 0.6 is 0 Å². The Hall–Kier alpha value is -1.02. The van der Waals surface area contributed by atoms with Gasteiger partial charge in [0.15, 0.2) is 0 Å². The van der Waals surface area contributed by atoms with Gasteiger partial charge in [-0.25, -0.2) is 0 Å². The molecule has 0 saturated carbocycles. The predicted octanol–water partition coefficient (Wildman–Crippen LogP) is 10.8. The Balaban J connectivity index is 0.000000762. The second-order valence-corrected chi connectivity index (χ2v) is 12.4. The summed E-state index contributed by atoms with van der Waals surface area (Å²) in [5.74, 6) is 0. The van der Waals surface area contributed by atoms with Gasteiger partial charge in [0.2, 0.25) is 0 Å². The molecule has 0 amide bonds. The van der Waals surface area contributed by atoms with Crippen molar-refractivity contribution in [2.24, 2.45) is 0 Å². The Labute approximate surface area is 270 Å². The number of nitrogens with zero attached hydrogens (tertiary/aromatic N) is 2. The zero-order valence-electron chi connectivity index (χ0n) is 28.2. The summed E-state index contributed by atoms with van der Waals surface area (Å²) in [6.45, 7) is 24.5. The van der Waals surface area contributed by atoms with Gasteiger partial charge in [-0.05, 0) is 38.5 Å². The fraction of sp³-hybridized carbons (Fsp3) is 0.684. The quantitative estimate of drug-likeness (QED) is 0.0876. The first-order valence-corrected chi connectivity index (χ1v) is 17.3. The summed E-state index contributed by atoms with van der Waals surface area (Å²) in [4.78, 5) is 0. The normalized spacial score (nSPS) is 11.5. The molecule has 2 aromatic rings. The van der Waals surface area contributed by atoms with E-state index in [-0.39, 0.29) is 19.5 Å². The van der Waals surface area contributed by atoms with E-state index in [1.807, 2.05) is 0 Å². The summed E-state index contributed by atoms with van der Waals surface area (Å²) in [6, 6.07) is 22.2. The standard InChI is InChI=1S/2C19H34N.Ru/c2*1-4-7-15-20(16-8-5-2,17-9-6-3)18-19-13-11-10-12-14-19;/h2*10-14H,4-9,15-18H2,1-3H3;/q2*+1;+2. The van der Waals surface area contributed by atoms with Crippen LogP contribution in [0.25, 0.3) is 0 Å². The third-order valence-electron chi connectivity index (χ3n) is 8.64. The first-order valence-electron chi connectivity index (χ1n) is 17.3. The molecular weight excluding hydrogens is 586 g/mol. The molecule has 2 rings (SSSR count). The van der Waals surface area contributed by atoms with E-state index in [0.717, 1.165) is 0 Å². The average molecular weight is 654 g/mol. The van der Waals surface area contributed by atoms with Crippen LogP contribution in [-0.2, 0) is 32.6 Å². The second kappa shape index (κ2) is 25.5. The van der Waals surface area contributed by atoms with Crippen molar-refractivity contribution in [3.63, 3.8) is 0 Å². The Morgan fingerprint density at radius 3 is 0.780 bits per heavy atom. The van der Waals surface area contributed by atoms with E-state index in [9.17, 15) is 0 Å². The molecule has 0 radical (unpaired) electrons. The maximum atomic E-state index is 2.32. The molecule has 0 aliphatic rings. The van der Waals surface area contributed by atoms with Gasteiger partial charge >= 0.3 is 19.5 Å². The molecule has 0 atom stereocenters. The molecule has 2 aromatic carbocycles. The Morgan fingerprint density at radius 1 is 0.366 bits per heavy atom. The summed E-state index contributed by atoms with van der Waals surface area (Å²) in [6.07, 6.45) is 16.0. The fourth-order valence-corrected chi connectivity index (χ4v) is 6.05. The fourth-order valence-electron chi connectivity index (χ4n) is 6.05. The van der Waals surface area contributed by atoms with Crippen molar-refractivity contribution < 1.29 is 28.4 Å².